The van der Waals surface area contributed by atoms with E-state index < -0.39 is 10.0 Å². The Kier molecular flexibility index (Phi) is 6.76. The van der Waals surface area contributed by atoms with Crippen molar-refractivity contribution in [1.82, 2.24) is 9.62 Å². The third-order valence-electron chi connectivity index (χ3n) is 4.13. The highest BCUT2D eigenvalue weighted by molar-refractivity contribution is 7.89. The molecule has 0 spiro atoms. The van der Waals surface area contributed by atoms with Crippen molar-refractivity contribution in [2.24, 2.45) is 0 Å². The number of rotatable bonds is 8. The average Bonchev–Trinajstić information content (AvgIpc) is 2.67. The molecule has 0 aliphatic carbocycles. The summed E-state index contributed by atoms with van der Waals surface area (Å²) in [6.07, 6.45) is 0.927. The molecule has 1 amide bonds. The first-order valence-corrected chi connectivity index (χ1v) is 9.73. The van der Waals surface area contributed by atoms with Gasteiger partial charge >= 0.3 is 0 Å². The largest absolute Gasteiger partial charge is 0.497 e. The van der Waals surface area contributed by atoms with Crippen molar-refractivity contribution < 1.29 is 17.9 Å². The SMILES string of the molecule is CNS(=O)(=O)c1ccc(CCC(=O)N(C)Cc2ccc(OC)cc2)cc1. The maximum absolute atomic E-state index is 12.3. The van der Waals surface area contributed by atoms with E-state index in [1.54, 1.807) is 43.3 Å². The number of carbonyl (C=O) groups is 1. The number of benzene rings is 2. The topological polar surface area (TPSA) is 75.7 Å². The maximum atomic E-state index is 12.3. The summed E-state index contributed by atoms with van der Waals surface area (Å²) < 4.78 is 30.8. The van der Waals surface area contributed by atoms with Crippen LogP contribution in [0.5, 0.6) is 5.75 Å². The molecule has 0 unspecified atom stereocenters. The summed E-state index contributed by atoms with van der Waals surface area (Å²) in [6, 6.07) is 14.2. The second-order valence-corrected chi connectivity index (χ2v) is 7.84. The summed E-state index contributed by atoms with van der Waals surface area (Å²) >= 11 is 0. The molecule has 0 radical (unpaired) electrons. The first-order valence-electron chi connectivity index (χ1n) is 8.25. The number of hydrogen-bond donors (Lipinski definition) is 1. The van der Waals surface area contributed by atoms with E-state index in [0.717, 1.165) is 16.9 Å². The Morgan fingerprint density at radius 1 is 1.04 bits per heavy atom. The Balaban J connectivity index is 1.89. The number of nitrogens with one attached hydrogen (secondary N) is 1. The lowest BCUT2D eigenvalue weighted by Gasteiger charge is -2.17. The van der Waals surface area contributed by atoms with Gasteiger partial charge in [-0.1, -0.05) is 24.3 Å². The molecule has 2 rings (SSSR count). The number of amides is 1. The van der Waals surface area contributed by atoms with Crippen LogP contribution in [-0.4, -0.2) is 40.4 Å². The van der Waals surface area contributed by atoms with Gasteiger partial charge in [0.05, 0.1) is 12.0 Å². The predicted molar refractivity (Wildman–Crippen MR) is 100 cm³/mol. The summed E-state index contributed by atoms with van der Waals surface area (Å²) in [5.41, 5.74) is 1.95. The lowest BCUT2D eigenvalue weighted by molar-refractivity contribution is -0.130. The Hall–Kier alpha value is -2.38. The lowest BCUT2D eigenvalue weighted by atomic mass is 10.1. The van der Waals surface area contributed by atoms with Crippen LogP contribution in [0.3, 0.4) is 0 Å². The van der Waals surface area contributed by atoms with Gasteiger partial charge in [0, 0.05) is 20.0 Å². The van der Waals surface area contributed by atoms with Crippen LogP contribution in [0, 0.1) is 0 Å². The number of hydrogen-bond acceptors (Lipinski definition) is 4. The van der Waals surface area contributed by atoms with Crippen molar-refractivity contribution in [1.29, 1.82) is 0 Å². The summed E-state index contributed by atoms with van der Waals surface area (Å²) in [4.78, 5) is 14.2. The Morgan fingerprint density at radius 3 is 2.15 bits per heavy atom. The minimum atomic E-state index is -3.43. The molecule has 0 saturated carbocycles. The monoisotopic (exact) mass is 376 g/mol. The highest BCUT2D eigenvalue weighted by Gasteiger charge is 2.12. The van der Waals surface area contributed by atoms with Gasteiger partial charge in [-0.15, -0.1) is 0 Å². The quantitative estimate of drug-likeness (QED) is 0.766. The van der Waals surface area contributed by atoms with Crippen molar-refractivity contribution in [3.8, 4) is 5.75 Å². The molecular weight excluding hydrogens is 352 g/mol. The van der Waals surface area contributed by atoms with Crippen LogP contribution in [0.2, 0.25) is 0 Å². The molecule has 0 saturated heterocycles. The number of carbonyl (C=O) groups excluding carboxylic acids is 1. The van der Waals surface area contributed by atoms with E-state index in [9.17, 15) is 13.2 Å². The average molecular weight is 376 g/mol. The van der Waals surface area contributed by atoms with Crippen molar-refractivity contribution in [2.75, 3.05) is 21.2 Å². The number of nitrogens with zero attached hydrogens (tertiary/aromatic N) is 1. The van der Waals surface area contributed by atoms with Crippen LogP contribution in [0.25, 0.3) is 0 Å². The molecule has 0 fully saturated rings. The first kappa shape index (κ1) is 19.9. The van der Waals surface area contributed by atoms with Gasteiger partial charge in [0.25, 0.3) is 0 Å². The third kappa shape index (κ3) is 5.31. The molecule has 2 aromatic rings. The molecule has 26 heavy (non-hydrogen) atoms. The van der Waals surface area contributed by atoms with Gasteiger partial charge in [0.1, 0.15) is 5.75 Å². The zero-order chi connectivity index (χ0) is 19.2. The molecule has 0 aromatic heterocycles. The fourth-order valence-electron chi connectivity index (χ4n) is 2.49. The van der Waals surface area contributed by atoms with Crippen molar-refractivity contribution >= 4 is 15.9 Å². The molecule has 2 aromatic carbocycles. The molecule has 0 heterocycles. The zero-order valence-corrected chi connectivity index (χ0v) is 16.0. The minimum Gasteiger partial charge on any atom is -0.497 e. The molecule has 0 aliphatic heterocycles. The van der Waals surface area contributed by atoms with Crippen LogP contribution < -0.4 is 9.46 Å². The van der Waals surface area contributed by atoms with Gasteiger partial charge < -0.3 is 9.64 Å². The molecule has 0 bridgehead atoms. The van der Waals surface area contributed by atoms with Crippen molar-refractivity contribution in [3.63, 3.8) is 0 Å². The third-order valence-corrected chi connectivity index (χ3v) is 5.56. The smallest absolute Gasteiger partial charge is 0.240 e. The Morgan fingerprint density at radius 2 is 1.62 bits per heavy atom. The first-order chi connectivity index (χ1) is 12.4. The maximum Gasteiger partial charge on any atom is 0.240 e. The molecule has 1 N–H and O–H groups in total. The normalized spacial score (nSPS) is 11.2. The highest BCUT2D eigenvalue weighted by atomic mass is 32.2. The summed E-state index contributed by atoms with van der Waals surface area (Å²) in [5, 5.41) is 0. The van der Waals surface area contributed by atoms with Crippen LogP contribution in [0.4, 0.5) is 0 Å². The van der Waals surface area contributed by atoms with Gasteiger partial charge in [-0.2, -0.15) is 0 Å². The van der Waals surface area contributed by atoms with E-state index >= 15 is 0 Å². The van der Waals surface area contributed by atoms with Crippen LogP contribution in [0.1, 0.15) is 17.5 Å². The van der Waals surface area contributed by atoms with E-state index in [-0.39, 0.29) is 10.8 Å². The predicted octanol–water partition coefficient (Wildman–Crippen LogP) is 2.19. The standard InChI is InChI=1S/C19H24N2O4S/c1-20-26(23,24)18-11-6-15(7-12-18)8-13-19(22)21(2)14-16-4-9-17(25-3)10-5-16/h4-7,9-12,20H,8,13-14H2,1-3H3. The van der Waals surface area contributed by atoms with E-state index in [1.165, 1.54) is 7.05 Å². The second-order valence-electron chi connectivity index (χ2n) is 5.95. The fraction of sp³-hybridized carbons (Fsp3) is 0.316. The zero-order valence-electron chi connectivity index (χ0n) is 15.2. The Bertz CT molecular complexity index is 831. The second kappa shape index (κ2) is 8.82. The fourth-order valence-corrected chi connectivity index (χ4v) is 3.22. The van der Waals surface area contributed by atoms with Gasteiger partial charge in [0.2, 0.25) is 15.9 Å². The molecule has 6 nitrogen and oxygen atoms in total. The highest BCUT2D eigenvalue weighted by Crippen LogP contribution is 2.14. The van der Waals surface area contributed by atoms with Gasteiger partial charge in [-0.25, -0.2) is 13.1 Å². The van der Waals surface area contributed by atoms with Gasteiger partial charge in [-0.05, 0) is 48.9 Å². The molecular formula is C19H24N2O4S. The molecule has 140 valence electrons. The van der Waals surface area contributed by atoms with E-state index in [1.807, 2.05) is 24.3 Å². The summed E-state index contributed by atoms with van der Waals surface area (Å²) in [7, 11) is 1.33. The van der Waals surface area contributed by atoms with Gasteiger partial charge in [0.15, 0.2) is 0 Å². The van der Waals surface area contributed by atoms with Crippen molar-refractivity contribution in [3.05, 3.63) is 59.7 Å². The van der Waals surface area contributed by atoms with Crippen LogP contribution in [0.15, 0.2) is 53.4 Å². The number of methoxy groups -OCH3 is 1. The number of aryl methyl sites for hydroxylation is 1. The molecule has 7 heteroatoms. The molecule has 0 aliphatic rings. The summed E-state index contributed by atoms with van der Waals surface area (Å²) in [6.45, 7) is 0.530. The van der Waals surface area contributed by atoms with Crippen molar-refractivity contribution in [2.45, 2.75) is 24.3 Å². The van der Waals surface area contributed by atoms with E-state index in [2.05, 4.69) is 4.72 Å². The van der Waals surface area contributed by atoms with E-state index in [0.29, 0.717) is 19.4 Å². The molecule has 0 atom stereocenters. The van der Waals surface area contributed by atoms with Gasteiger partial charge in [-0.3, -0.25) is 4.79 Å². The number of sulfonamides is 1. The minimum absolute atomic E-state index is 0.0349. The lowest BCUT2D eigenvalue weighted by Crippen LogP contribution is -2.26. The number of ether oxygens (including phenoxy) is 1. The Labute approximate surface area is 154 Å². The summed E-state index contributed by atoms with van der Waals surface area (Å²) in [5.74, 6) is 0.819. The van der Waals surface area contributed by atoms with Crippen LogP contribution in [-0.2, 0) is 27.8 Å². The van der Waals surface area contributed by atoms with Crippen LogP contribution >= 0.6 is 0 Å². The van der Waals surface area contributed by atoms with E-state index in [4.69, 9.17) is 4.74 Å².